The Morgan fingerprint density at radius 1 is 0.570 bits per heavy atom. The second-order valence-corrected chi connectivity index (χ2v) is 34.2. The number of benzene rings is 6. The fourth-order valence-corrected chi connectivity index (χ4v) is 12.6. The lowest BCUT2D eigenvalue weighted by Crippen LogP contribution is -2.64. The van der Waals surface area contributed by atoms with Crippen LogP contribution in [0.5, 0.6) is 0 Å². The number of hydrogen-bond donors (Lipinski definition) is 10. The second-order valence-electron chi connectivity index (χ2n) is 34.2. The van der Waals surface area contributed by atoms with E-state index in [2.05, 4.69) is 45.3 Å². The molecule has 8 amide bonds. The number of aldehydes is 2. The first-order chi connectivity index (χ1) is 62.2. The predicted octanol–water partition coefficient (Wildman–Crippen LogP) is 15.2. The normalized spacial score (nSPS) is 16.2. The third-order valence-corrected chi connectivity index (χ3v) is 20.6. The number of Topliss-reactive ketones (excluding diaryl/α,β-unsaturated/α-hetero) is 1. The van der Waals surface area contributed by atoms with Crippen molar-refractivity contribution in [2.75, 3.05) is 27.8 Å². The fraction of sp³-hybridized carbons (Fsp3) is 0.505. The van der Waals surface area contributed by atoms with Crippen LogP contribution in [0.15, 0.2) is 182 Å². The standard InChI is InChI=1S/C34H49N3O7.C27H33N3O4.C14H12N.C13H24N2O6.C6H12O.C2H3F3O.C2HF3O.CH4.H3N/c1-22(43-8)19-20-27(32(41)36-30(25-15-11-9-12-16-25)26-17-13-10-14-18-26)21-28(39)29(24(3)38)35-31(40)23(2)37(7)33(42)44-34(4,5)6;1-4-17(2)25(31)28-23-18(3)34-22-16-15-21(30(22)27(23)33)26(32)29-24(19-11-7-5-8-12-19)20-13-9-6-10-14-20;1-15-14(12-8-4-2-5-9-12)13-10-6-3-7-11-13;1-7(15(6)12(20)21-13(3,4)5)10(17)14-9(8(2)16)11(18)19;1-6(2)4-3-5-7;2*3-2(4,5)1-6;;/h9-18,22-24,27,29-30,38H,19-21H2,1-8H3,(H,35,40)(H,36,41);5-14,17-18,21-24H,4,15-16H2,1-3H3,(H,28,31)(H,29,32);1-11,14H;7-9,16H,1-6H3,(H,14,17)(H,18,19);5-6H,3-4H2,1-2H3;6H,1H2;1H;1H4;1H3/q;;+1;;;;;;/t22?,23-,24-,27?,29-;17-,18-,21?,22+,23+;;7-,8+,9-;;;;;/m01.0...../s1. The molecule has 135 heavy (non-hydrogen) atoms. The summed E-state index contributed by atoms with van der Waals surface area (Å²) in [5.74, 6) is -4.46. The largest absolute Gasteiger partial charge is 0.480 e. The van der Waals surface area contributed by atoms with Gasteiger partial charge in [0.15, 0.2) is 11.8 Å². The Hall–Kier alpha value is -12.0. The molecule has 0 saturated carbocycles. The van der Waals surface area contributed by atoms with Crippen molar-refractivity contribution >= 4 is 72.0 Å². The van der Waals surface area contributed by atoms with Gasteiger partial charge in [-0.3, -0.25) is 48.2 Å². The minimum Gasteiger partial charge on any atom is -0.480 e. The van der Waals surface area contributed by atoms with Crippen molar-refractivity contribution < 1.29 is 123 Å². The maximum Gasteiger partial charge on any atom is 0.446 e. The molecule has 3 unspecified atom stereocenters. The number of ketones is 1. The van der Waals surface area contributed by atoms with Crippen LogP contribution in [0.3, 0.4) is 0 Å². The molecule has 36 heteroatoms. The van der Waals surface area contributed by atoms with Crippen molar-refractivity contribution in [1.82, 2.24) is 47.4 Å². The van der Waals surface area contributed by atoms with Gasteiger partial charge < -0.3 is 81.8 Å². The highest BCUT2D eigenvalue weighted by atomic mass is 19.4. The summed E-state index contributed by atoms with van der Waals surface area (Å²) in [7, 11) is 4.38. The van der Waals surface area contributed by atoms with Crippen molar-refractivity contribution in [3.05, 3.63) is 220 Å². The van der Waals surface area contributed by atoms with Crippen molar-refractivity contribution in [3.8, 4) is 6.57 Å². The Balaban J connectivity index is 0.00000173. The Labute approximate surface area is 789 Å². The number of aliphatic carboxylic acids is 1. The quantitative estimate of drug-likeness (QED) is 0.0138. The Morgan fingerprint density at radius 2 is 0.933 bits per heavy atom. The number of methoxy groups -OCH3 is 1. The second kappa shape index (κ2) is 61.1. The smallest absolute Gasteiger partial charge is 0.446 e. The third-order valence-electron chi connectivity index (χ3n) is 20.6. The first-order valence-corrected chi connectivity index (χ1v) is 43.6. The molecule has 6 aromatic rings. The van der Waals surface area contributed by atoms with Crippen molar-refractivity contribution in [1.29, 1.82) is 0 Å². The molecule has 8 rings (SSSR count). The molecule has 30 nitrogen and oxygen atoms in total. The van der Waals surface area contributed by atoms with E-state index in [0.717, 1.165) is 62.3 Å². The summed E-state index contributed by atoms with van der Waals surface area (Å²) in [6.45, 7) is 31.2. The minimum absolute atomic E-state index is 0. The number of ether oxygens (including phenoxy) is 4. The van der Waals surface area contributed by atoms with Crippen LogP contribution >= 0.6 is 0 Å². The van der Waals surface area contributed by atoms with Gasteiger partial charge in [-0.1, -0.05) is 222 Å². The molecule has 0 spiro atoms. The van der Waals surface area contributed by atoms with E-state index in [9.17, 15) is 89.3 Å². The number of aliphatic hydroxyl groups excluding tert-OH is 3. The predicted molar refractivity (Wildman–Crippen MR) is 502 cm³/mol. The molecule has 12 N–H and O–H groups in total. The number of amides is 8. The van der Waals surface area contributed by atoms with Gasteiger partial charge in [0, 0.05) is 57.0 Å². The Morgan fingerprint density at radius 3 is 1.24 bits per heavy atom. The average Bonchev–Trinajstić information content (AvgIpc) is 1.63. The SMILES string of the molecule is C.C#[N+]C(c1ccccc1)c1ccccc1.CC(C)CCC=O.CC[C@@H](C)C(=O)N[C@@H]1C(=O)N2C(C(=O)NC(c3ccccc3)c3ccccc3)CC[C@@H]2O[C@@H]1C.COC(C)CCC(CC(=O)[C@@H](NC(=O)[C@H](C)N(C)C(=O)OC(C)(C)C)[C@H](C)O)C(=O)NC(c1ccccc1)c1ccccc1.C[C@@H](O)[C@H](NC(=O)[C@H](C)N(C)C(=O)OC(C)(C)C)C(=O)O.N.O=CC(F)(F)F.OCC(F)(F)F. The molecule has 2 fully saturated rings. The van der Waals surface area contributed by atoms with E-state index in [-0.39, 0.29) is 67.7 Å². The highest BCUT2D eigenvalue weighted by Gasteiger charge is 2.51. The molecule has 2 heterocycles. The summed E-state index contributed by atoms with van der Waals surface area (Å²) >= 11 is 0. The highest BCUT2D eigenvalue weighted by molar-refractivity contribution is 5.96. The lowest BCUT2D eigenvalue weighted by atomic mass is 9.90. The monoisotopic (exact) mass is 1900 g/mol. The van der Waals surface area contributed by atoms with Gasteiger partial charge in [0.2, 0.25) is 35.8 Å². The fourth-order valence-electron chi connectivity index (χ4n) is 12.6. The van der Waals surface area contributed by atoms with E-state index < -0.39 is 145 Å². The Kier molecular flexibility index (Phi) is 55.6. The number of fused-ring (bicyclic) bond motifs is 1. The van der Waals surface area contributed by atoms with Gasteiger partial charge in [0.1, 0.15) is 60.5 Å². The van der Waals surface area contributed by atoms with Crippen LogP contribution in [0.2, 0.25) is 0 Å². The number of likely N-dealkylation sites (N-methyl/N-ethyl adjacent to an activating group) is 2. The molecular weight excluding hydrogens is 1760 g/mol. The minimum atomic E-state index is -4.64. The zero-order valence-electron chi connectivity index (χ0n) is 79.8. The van der Waals surface area contributed by atoms with Crippen LogP contribution in [0.1, 0.15) is 221 Å². The Bertz CT molecular complexity index is 4450. The van der Waals surface area contributed by atoms with Crippen LogP contribution in [-0.2, 0) is 66.9 Å². The van der Waals surface area contributed by atoms with E-state index in [4.69, 9.17) is 40.5 Å². The van der Waals surface area contributed by atoms with E-state index in [1.165, 1.54) is 46.7 Å². The van der Waals surface area contributed by atoms with E-state index in [1.807, 2.05) is 203 Å². The highest BCUT2D eigenvalue weighted by Crippen LogP contribution is 2.34. The maximum absolute atomic E-state index is 13.8. The average molecular weight is 1910 g/mol. The van der Waals surface area contributed by atoms with Crippen LogP contribution in [0.25, 0.3) is 4.85 Å². The van der Waals surface area contributed by atoms with Crippen LogP contribution < -0.4 is 32.7 Å². The summed E-state index contributed by atoms with van der Waals surface area (Å²) in [5.41, 5.74) is 4.48. The first kappa shape index (κ1) is 123. The number of aliphatic hydroxyl groups is 3. The molecule has 0 aliphatic carbocycles. The summed E-state index contributed by atoms with van der Waals surface area (Å²) in [6.07, 6.45) is -9.91. The molecule has 2 saturated heterocycles. The number of nitrogens with zero attached hydrogens (tertiary/aromatic N) is 4. The van der Waals surface area contributed by atoms with Crippen LogP contribution in [0.4, 0.5) is 35.9 Å². The molecule has 2 aliphatic rings. The zero-order valence-corrected chi connectivity index (χ0v) is 79.8. The molecular formula is C99H141F6N10O20+. The number of alkyl halides is 6. The van der Waals surface area contributed by atoms with Gasteiger partial charge in [-0.15, -0.1) is 0 Å². The van der Waals surface area contributed by atoms with Gasteiger partial charge in [-0.25, -0.2) is 14.4 Å². The molecule has 13 atom stereocenters. The van der Waals surface area contributed by atoms with Gasteiger partial charge in [-0.05, 0) is 150 Å². The molecule has 6 aromatic carbocycles. The number of halogens is 6. The van der Waals surface area contributed by atoms with Crippen molar-refractivity contribution in [2.24, 2.45) is 17.8 Å². The maximum atomic E-state index is 13.8. The van der Waals surface area contributed by atoms with Gasteiger partial charge in [0.05, 0.1) is 36.5 Å². The summed E-state index contributed by atoms with van der Waals surface area (Å²) in [4.78, 5) is 153. The van der Waals surface area contributed by atoms with Gasteiger partial charge in [-0.2, -0.15) is 26.3 Å². The van der Waals surface area contributed by atoms with Crippen LogP contribution in [0, 0.1) is 24.3 Å². The molecule has 748 valence electrons. The van der Waals surface area contributed by atoms with Crippen molar-refractivity contribution in [2.45, 2.75) is 278 Å². The number of carbonyl (C=O) groups excluding carboxylic acids is 11. The number of carboxylic acid groups (broad SMARTS) is 1. The lowest BCUT2D eigenvalue weighted by molar-refractivity contribution is -0.179. The molecule has 0 radical (unpaired) electrons. The number of carboxylic acids is 1. The lowest BCUT2D eigenvalue weighted by Gasteiger charge is -2.41. The van der Waals surface area contributed by atoms with E-state index in [0.29, 0.717) is 38.0 Å². The molecule has 0 aromatic heterocycles. The van der Waals surface area contributed by atoms with Gasteiger partial charge >= 0.3 is 36.6 Å². The first-order valence-electron chi connectivity index (χ1n) is 43.6. The summed E-state index contributed by atoms with van der Waals surface area (Å²) in [6, 6.07) is 51.8. The summed E-state index contributed by atoms with van der Waals surface area (Å²) < 4.78 is 84.8. The summed E-state index contributed by atoms with van der Waals surface area (Å²) in [5, 5.41) is 49.9. The topological polar surface area (TPSA) is 432 Å². The molecule has 2 aliphatic heterocycles. The van der Waals surface area contributed by atoms with E-state index in [1.54, 1.807) is 55.6 Å². The van der Waals surface area contributed by atoms with Crippen molar-refractivity contribution in [3.63, 3.8) is 0 Å². The van der Waals surface area contributed by atoms with E-state index >= 15 is 0 Å². The van der Waals surface area contributed by atoms with Gasteiger partial charge in [0.25, 0.3) is 12.5 Å². The third kappa shape index (κ3) is 45.7. The number of nitrogens with one attached hydrogen (secondary N) is 5. The number of hydrogen-bond acceptors (Lipinski definition) is 20. The zero-order chi connectivity index (χ0) is 101. The molecule has 0 bridgehead atoms. The number of carbonyl (C=O) groups is 12. The number of rotatable bonds is 32. The van der Waals surface area contributed by atoms with Crippen LogP contribution in [-0.4, -0.2) is 225 Å².